The lowest BCUT2D eigenvalue weighted by Crippen LogP contribution is -3.09. The Morgan fingerprint density at radius 2 is 1.85 bits per heavy atom. The molecular formula is C19H19ClN3O3+. The van der Waals surface area contributed by atoms with Gasteiger partial charge < -0.3 is 10.2 Å². The van der Waals surface area contributed by atoms with Crippen molar-refractivity contribution in [1.82, 2.24) is 5.32 Å². The quantitative estimate of drug-likeness (QED) is 0.766. The van der Waals surface area contributed by atoms with Gasteiger partial charge in [-0.25, -0.2) is 0 Å². The van der Waals surface area contributed by atoms with E-state index in [9.17, 15) is 14.4 Å². The molecule has 2 N–H and O–H groups in total. The van der Waals surface area contributed by atoms with Crippen molar-refractivity contribution in [2.75, 3.05) is 25.7 Å². The molecule has 2 aromatic carbocycles. The zero-order valence-electron chi connectivity index (χ0n) is 14.5. The molecule has 0 saturated carbocycles. The fourth-order valence-corrected chi connectivity index (χ4v) is 3.19. The van der Waals surface area contributed by atoms with E-state index in [4.69, 9.17) is 11.6 Å². The van der Waals surface area contributed by atoms with E-state index in [0.717, 1.165) is 10.5 Å². The first-order chi connectivity index (χ1) is 12.4. The van der Waals surface area contributed by atoms with Gasteiger partial charge in [-0.2, -0.15) is 0 Å². The molecule has 26 heavy (non-hydrogen) atoms. The number of halogens is 1. The summed E-state index contributed by atoms with van der Waals surface area (Å²) in [5.74, 6) is -1.18. The molecule has 0 saturated heterocycles. The van der Waals surface area contributed by atoms with Crippen molar-refractivity contribution >= 4 is 34.9 Å². The first kappa shape index (κ1) is 18.1. The molecule has 0 bridgehead atoms. The molecule has 1 heterocycles. The zero-order chi connectivity index (χ0) is 18.8. The van der Waals surface area contributed by atoms with Crippen LogP contribution in [0.25, 0.3) is 0 Å². The lowest BCUT2D eigenvalue weighted by Gasteiger charge is -2.21. The Morgan fingerprint density at radius 3 is 2.50 bits per heavy atom. The van der Waals surface area contributed by atoms with Gasteiger partial charge in [-0.15, -0.1) is 0 Å². The molecule has 2 amide bonds. The van der Waals surface area contributed by atoms with Crippen LogP contribution < -0.4 is 15.1 Å². The number of benzene rings is 2. The number of carbonyl (C=O) groups excluding carboxylic acids is 3. The number of quaternary nitrogens is 1. The van der Waals surface area contributed by atoms with Crippen molar-refractivity contribution in [3.8, 4) is 0 Å². The van der Waals surface area contributed by atoms with E-state index < -0.39 is 11.7 Å². The molecule has 2 aromatic rings. The van der Waals surface area contributed by atoms with E-state index in [0.29, 0.717) is 35.1 Å². The van der Waals surface area contributed by atoms with Crippen molar-refractivity contribution in [2.45, 2.75) is 6.54 Å². The molecule has 1 aliphatic heterocycles. The highest BCUT2D eigenvalue weighted by Gasteiger charge is 2.37. The maximum atomic E-state index is 12.3. The van der Waals surface area contributed by atoms with Gasteiger partial charge in [0.15, 0.2) is 6.67 Å². The van der Waals surface area contributed by atoms with Gasteiger partial charge in [0, 0.05) is 23.2 Å². The summed E-state index contributed by atoms with van der Waals surface area (Å²) >= 11 is 5.93. The molecule has 1 aliphatic rings. The Bertz CT molecular complexity index is 880. The second kappa shape index (κ2) is 7.27. The van der Waals surface area contributed by atoms with Crippen LogP contribution in [0.1, 0.15) is 26.3 Å². The fraction of sp³-hybridized carbons (Fsp3) is 0.211. The summed E-state index contributed by atoms with van der Waals surface area (Å²) < 4.78 is 0. The van der Waals surface area contributed by atoms with E-state index >= 15 is 0 Å². The predicted octanol–water partition coefficient (Wildman–Crippen LogP) is 0.901. The highest BCUT2D eigenvalue weighted by Crippen LogP contribution is 2.30. The van der Waals surface area contributed by atoms with E-state index in [1.54, 1.807) is 31.3 Å². The first-order valence-electron chi connectivity index (χ1n) is 8.18. The standard InChI is InChI=1S/C19H18ClN3O3/c1-21-18(25)13-5-3-12(4-6-13)10-22(2)11-23-16-8-7-14(20)9-15(16)17(24)19(23)26/h3-9H,10-11H2,1-2H3,(H,21,25)/p+1. The lowest BCUT2D eigenvalue weighted by molar-refractivity contribution is -0.892. The zero-order valence-corrected chi connectivity index (χ0v) is 15.3. The van der Waals surface area contributed by atoms with Crippen molar-refractivity contribution in [3.63, 3.8) is 0 Å². The molecule has 0 aliphatic carbocycles. The summed E-state index contributed by atoms with van der Waals surface area (Å²) in [5, 5.41) is 3.02. The van der Waals surface area contributed by atoms with Gasteiger partial charge in [0.1, 0.15) is 6.54 Å². The number of anilines is 1. The highest BCUT2D eigenvalue weighted by atomic mass is 35.5. The molecule has 1 atom stereocenters. The van der Waals surface area contributed by atoms with Crippen molar-refractivity contribution in [1.29, 1.82) is 0 Å². The van der Waals surface area contributed by atoms with Crippen LogP contribution in [-0.4, -0.2) is 38.4 Å². The van der Waals surface area contributed by atoms with Crippen LogP contribution in [0.4, 0.5) is 5.69 Å². The minimum Gasteiger partial charge on any atom is -0.355 e. The van der Waals surface area contributed by atoms with Crippen LogP contribution in [0, 0.1) is 0 Å². The SMILES string of the molecule is CNC(=O)c1ccc(C[NH+](C)CN2C(=O)C(=O)c3cc(Cl)ccc32)cc1. The Labute approximate surface area is 156 Å². The normalized spacial score (nSPS) is 14.3. The number of amides is 2. The molecule has 1 unspecified atom stereocenters. The van der Waals surface area contributed by atoms with Crippen molar-refractivity contribution in [2.24, 2.45) is 0 Å². The highest BCUT2D eigenvalue weighted by molar-refractivity contribution is 6.52. The number of nitrogens with one attached hydrogen (secondary N) is 2. The largest absolute Gasteiger partial charge is 0.355 e. The van der Waals surface area contributed by atoms with Crippen LogP contribution in [0.3, 0.4) is 0 Å². The van der Waals surface area contributed by atoms with E-state index in [2.05, 4.69) is 5.32 Å². The molecule has 6 nitrogen and oxygen atoms in total. The monoisotopic (exact) mass is 372 g/mol. The summed E-state index contributed by atoms with van der Waals surface area (Å²) in [6.45, 7) is 1.01. The Kier molecular flexibility index (Phi) is 5.06. The van der Waals surface area contributed by atoms with Crippen molar-refractivity contribution < 1.29 is 19.3 Å². The van der Waals surface area contributed by atoms with Crippen LogP contribution >= 0.6 is 11.6 Å². The van der Waals surface area contributed by atoms with E-state index in [1.165, 1.54) is 11.0 Å². The van der Waals surface area contributed by atoms with Gasteiger partial charge in [-0.3, -0.25) is 19.3 Å². The Hall–Kier alpha value is -2.70. The molecule has 3 rings (SSSR count). The maximum absolute atomic E-state index is 12.3. The molecule has 0 radical (unpaired) electrons. The number of rotatable bonds is 5. The molecule has 134 valence electrons. The molecule has 0 aromatic heterocycles. The van der Waals surface area contributed by atoms with Gasteiger partial charge >= 0.3 is 5.91 Å². The minimum absolute atomic E-state index is 0.131. The second-order valence-corrected chi connectivity index (χ2v) is 6.73. The first-order valence-corrected chi connectivity index (χ1v) is 8.56. The molecule has 0 spiro atoms. The van der Waals surface area contributed by atoms with Gasteiger partial charge in [0.25, 0.3) is 11.7 Å². The number of fused-ring (bicyclic) bond motifs is 1. The number of carbonyl (C=O) groups is 3. The Balaban J connectivity index is 1.71. The summed E-state index contributed by atoms with van der Waals surface area (Å²) in [4.78, 5) is 38.5. The van der Waals surface area contributed by atoms with Gasteiger partial charge in [-0.05, 0) is 30.3 Å². The predicted molar refractivity (Wildman–Crippen MR) is 98.6 cm³/mol. The summed E-state index contributed by atoms with van der Waals surface area (Å²) in [6.07, 6.45) is 0. The van der Waals surface area contributed by atoms with Gasteiger partial charge in [0.2, 0.25) is 0 Å². The van der Waals surface area contributed by atoms with Crippen LogP contribution in [-0.2, 0) is 11.3 Å². The number of ketones is 1. The van der Waals surface area contributed by atoms with Gasteiger partial charge in [0.05, 0.1) is 18.3 Å². The number of hydrogen-bond acceptors (Lipinski definition) is 3. The maximum Gasteiger partial charge on any atom is 0.303 e. The summed E-state index contributed by atoms with van der Waals surface area (Å²) in [5.41, 5.74) is 2.58. The molecule has 0 fully saturated rings. The third-order valence-corrected chi connectivity index (χ3v) is 4.55. The van der Waals surface area contributed by atoms with Crippen LogP contribution in [0.15, 0.2) is 42.5 Å². The van der Waals surface area contributed by atoms with Crippen LogP contribution in [0.2, 0.25) is 5.02 Å². The Morgan fingerprint density at radius 1 is 1.15 bits per heavy atom. The molecule has 7 heteroatoms. The van der Waals surface area contributed by atoms with Crippen molar-refractivity contribution in [3.05, 3.63) is 64.2 Å². The minimum atomic E-state index is -0.531. The third kappa shape index (κ3) is 3.47. The second-order valence-electron chi connectivity index (χ2n) is 6.29. The fourth-order valence-electron chi connectivity index (χ4n) is 3.02. The summed E-state index contributed by atoms with van der Waals surface area (Å²) in [7, 11) is 3.53. The molecular weight excluding hydrogens is 354 g/mol. The van der Waals surface area contributed by atoms with E-state index in [1.807, 2.05) is 19.2 Å². The smallest absolute Gasteiger partial charge is 0.303 e. The summed E-state index contributed by atoms with van der Waals surface area (Å²) in [6, 6.07) is 12.2. The van der Waals surface area contributed by atoms with Crippen LogP contribution in [0.5, 0.6) is 0 Å². The topological polar surface area (TPSA) is 70.9 Å². The van der Waals surface area contributed by atoms with E-state index in [-0.39, 0.29) is 5.91 Å². The number of Topliss-reactive ketones (excluding diaryl/α,β-unsaturated/α-hetero) is 1. The third-order valence-electron chi connectivity index (χ3n) is 4.31. The number of nitrogens with zero attached hydrogens (tertiary/aromatic N) is 1. The number of hydrogen-bond donors (Lipinski definition) is 2. The lowest BCUT2D eigenvalue weighted by atomic mass is 10.1. The average Bonchev–Trinajstić information content (AvgIpc) is 2.86. The average molecular weight is 373 g/mol. The van der Waals surface area contributed by atoms with Gasteiger partial charge in [-0.1, -0.05) is 23.7 Å².